The molecule has 1 aromatic carbocycles. The van der Waals surface area contributed by atoms with Gasteiger partial charge < -0.3 is 9.84 Å². The van der Waals surface area contributed by atoms with Gasteiger partial charge in [0, 0.05) is 5.56 Å². The van der Waals surface area contributed by atoms with E-state index in [4.69, 9.17) is 15.1 Å². The van der Waals surface area contributed by atoms with Crippen LogP contribution in [0.2, 0.25) is 0 Å². The van der Waals surface area contributed by atoms with Crippen LogP contribution in [-0.2, 0) is 4.79 Å². The number of aliphatic carboxylic acids is 1. The lowest BCUT2D eigenvalue weighted by Crippen LogP contribution is -2.01. The number of nitrogens with zero attached hydrogens (tertiary/aromatic N) is 1. The molecule has 0 unspecified atom stereocenters. The highest BCUT2D eigenvalue weighted by Crippen LogP contribution is 2.27. The van der Waals surface area contributed by atoms with Gasteiger partial charge in [-0.1, -0.05) is 18.2 Å². The van der Waals surface area contributed by atoms with Crippen molar-refractivity contribution in [3.63, 3.8) is 0 Å². The molecule has 0 atom stereocenters. The van der Waals surface area contributed by atoms with Crippen LogP contribution in [0.5, 0.6) is 5.75 Å². The number of para-hydroxylation sites is 1. The fourth-order valence-electron chi connectivity index (χ4n) is 1.38. The second-order valence-corrected chi connectivity index (χ2v) is 3.12. The molecule has 0 radical (unpaired) electrons. The fraction of sp³-hybridized carbons (Fsp3) is 0.167. The van der Waals surface area contributed by atoms with Crippen molar-refractivity contribution < 1.29 is 14.6 Å². The van der Waals surface area contributed by atoms with Crippen LogP contribution in [-0.4, -0.2) is 18.2 Å². The molecule has 0 aliphatic heterocycles. The predicted octanol–water partition coefficient (Wildman–Crippen LogP) is 2.08. The largest absolute Gasteiger partial charge is 0.496 e. The number of carboxylic acid groups (broad SMARTS) is 1. The van der Waals surface area contributed by atoms with Gasteiger partial charge in [0.1, 0.15) is 17.4 Å². The molecule has 1 aromatic rings. The first-order valence-corrected chi connectivity index (χ1v) is 4.59. The Morgan fingerprint density at radius 1 is 1.44 bits per heavy atom. The summed E-state index contributed by atoms with van der Waals surface area (Å²) in [5.41, 5.74) is 0.737. The zero-order valence-corrected chi connectivity index (χ0v) is 9.02. The minimum Gasteiger partial charge on any atom is -0.496 e. The molecule has 0 amide bonds. The van der Waals surface area contributed by atoms with Gasteiger partial charge in [0.05, 0.1) is 7.11 Å². The molecule has 82 valence electrons. The number of ether oxygens (including phenoxy) is 1. The zero-order chi connectivity index (χ0) is 12.1. The van der Waals surface area contributed by atoms with E-state index < -0.39 is 5.97 Å². The van der Waals surface area contributed by atoms with Gasteiger partial charge in [-0.2, -0.15) is 5.26 Å². The Kier molecular flexibility index (Phi) is 3.67. The molecular formula is C12H11NO3. The molecule has 0 heterocycles. The third-order valence-corrected chi connectivity index (χ3v) is 2.21. The van der Waals surface area contributed by atoms with Crippen molar-refractivity contribution in [1.82, 2.24) is 0 Å². The molecule has 16 heavy (non-hydrogen) atoms. The number of rotatable bonds is 3. The first-order valence-electron chi connectivity index (χ1n) is 4.59. The van der Waals surface area contributed by atoms with Crippen LogP contribution in [0.1, 0.15) is 12.5 Å². The van der Waals surface area contributed by atoms with Gasteiger partial charge in [-0.15, -0.1) is 0 Å². The quantitative estimate of drug-likeness (QED) is 0.621. The van der Waals surface area contributed by atoms with Gasteiger partial charge in [-0.25, -0.2) is 4.79 Å². The van der Waals surface area contributed by atoms with Crippen LogP contribution < -0.4 is 4.74 Å². The molecule has 0 saturated carbocycles. The molecule has 1 rings (SSSR count). The molecule has 4 heteroatoms. The van der Waals surface area contributed by atoms with Crippen LogP contribution in [0, 0.1) is 11.3 Å². The Labute approximate surface area is 93.4 Å². The molecule has 0 bridgehead atoms. The van der Waals surface area contributed by atoms with E-state index in [-0.39, 0.29) is 5.57 Å². The number of hydrogen-bond donors (Lipinski definition) is 1. The number of carboxylic acids is 1. The molecule has 0 saturated heterocycles. The summed E-state index contributed by atoms with van der Waals surface area (Å²) in [6.45, 7) is 1.59. The van der Waals surface area contributed by atoms with Gasteiger partial charge >= 0.3 is 5.97 Å². The van der Waals surface area contributed by atoms with Crippen molar-refractivity contribution >= 4 is 11.5 Å². The number of benzene rings is 1. The van der Waals surface area contributed by atoms with Crippen LogP contribution in [0.15, 0.2) is 29.8 Å². The minimum atomic E-state index is -1.23. The van der Waals surface area contributed by atoms with Crippen molar-refractivity contribution in [1.29, 1.82) is 5.26 Å². The monoisotopic (exact) mass is 217 g/mol. The summed E-state index contributed by atoms with van der Waals surface area (Å²) in [7, 11) is 1.50. The highest BCUT2D eigenvalue weighted by atomic mass is 16.5. The summed E-state index contributed by atoms with van der Waals surface area (Å²) in [5, 5.41) is 17.6. The van der Waals surface area contributed by atoms with Crippen molar-refractivity contribution in [2.45, 2.75) is 6.92 Å². The average molecular weight is 217 g/mol. The standard InChI is InChI=1S/C12H11NO3/c1-8(10(7-13)12(14)15)9-5-3-4-6-11(9)16-2/h3-6H,1-2H3,(H,14,15)/b10-8-. The average Bonchev–Trinajstić information content (AvgIpc) is 2.29. The van der Waals surface area contributed by atoms with Gasteiger partial charge in [0.25, 0.3) is 0 Å². The summed E-state index contributed by atoms with van der Waals surface area (Å²) in [6.07, 6.45) is 0. The SMILES string of the molecule is COc1ccccc1/C(C)=C(/C#N)C(=O)O. The Morgan fingerprint density at radius 3 is 2.56 bits per heavy atom. The van der Waals surface area contributed by atoms with E-state index in [1.807, 2.05) is 0 Å². The maximum Gasteiger partial charge on any atom is 0.346 e. The molecule has 0 fully saturated rings. The smallest absolute Gasteiger partial charge is 0.346 e. The van der Waals surface area contributed by atoms with Crippen molar-refractivity contribution in [3.05, 3.63) is 35.4 Å². The molecule has 4 nitrogen and oxygen atoms in total. The normalized spacial score (nSPS) is 11.3. The summed E-state index contributed by atoms with van der Waals surface area (Å²) >= 11 is 0. The minimum absolute atomic E-state index is 0.274. The van der Waals surface area contributed by atoms with Gasteiger partial charge in [-0.3, -0.25) is 0 Å². The van der Waals surface area contributed by atoms with Gasteiger partial charge in [0.2, 0.25) is 0 Å². The predicted molar refractivity (Wildman–Crippen MR) is 58.8 cm³/mol. The highest BCUT2D eigenvalue weighted by molar-refractivity contribution is 6.00. The highest BCUT2D eigenvalue weighted by Gasteiger charge is 2.14. The number of carbonyl (C=O) groups is 1. The molecular weight excluding hydrogens is 206 g/mol. The number of allylic oxidation sites excluding steroid dienone is 1. The first-order chi connectivity index (χ1) is 7.61. The van der Waals surface area contributed by atoms with Crippen molar-refractivity contribution in [2.24, 2.45) is 0 Å². The maximum absolute atomic E-state index is 10.8. The third-order valence-electron chi connectivity index (χ3n) is 2.21. The zero-order valence-electron chi connectivity index (χ0n) is 9.02. The van der Waals surface area contributed by atoms with E-state index in [1.165, 1.54) is 7.11 Å². The lowest BCUT2D eigenvalue weighted by molar-refractivity contribution is -0.132. The van der Waals surface area contributed by atoms with E-state index in [0.717, 1.165) is 0 Å². The van der Waals surface area contributed by atoms with E-state index in [9.17, 15) is 4.79 Å². The molecule has 0 aromatic heterocycles. The van der Waals surface area contributed by atoms with E-state index in [1.54, 1.807) is 37.3 Å². The molecule has 1 N–H and O–H groups in total. The number of hydrogen-bond acceptors (Lipinski definition) is 3. The second-order valence-electron chi connectivity index (χ2n) is 3.12. The van der Waals surface area contributed by atoms with Crippen LogP contribution in [0.4, 0.5) is 0 Å². The van der Waals surface area contributed by atoms with Crippen LogP contribution in [0.3, 0.4) is 0 Å². The van der Waals surface area contributed by atoms with Gasteiger partial charge in [-0.05, 0) is 18.6 Å². The molecule has 0 aliphatic carbocycles. The van der Waals surface area contributed by atoms with Crippen molar-refractivity contribution in [2.75, 3.05) is 7.11 Å². The topological polar surface area (TPSA) is 70.3 Å². The Balaban J connectivity index is 3.39. The third kappa shape index (κ3) is 2.20. The maximum atomic E-state index is 10.8. The lowest BCUT2D eigenvalue weighted by atomic mass is 10.0. The van der Waals surface area contributed by atoms with E-state index in [0.29, 0.717) is 16.9 Å². The summed E-state index contributed by atoms with van der Waals surface area (Å²) in [4.78, 5) is 10.8. The second kappa shape index (κ2) is 4.99. The lowest BCUT2D eigenvalue weighted by Gasteiger charge is -2.08. The van der Waals surface area contributed by atoms with Crippen molar-refractivity contribution in [3.8, 4) is 11.8 Å². The fourth-order valence-corrected chi connectivity index (χ4v) is 1.38. The molecule has 0 aliphatic rings. The number of nitriles is 1. The van der Waals surface area contributed by atoms with E-state index >= 15 is 0 Å². The van der Waals surface area contributed by atoms with E-state index in [2.05, 4.69) is 0 Å². The summed E-state index contributed by atoms with van der Waals surface area (Å²) in [5.74, 6) is -0.681. The van der Waals surface area contributed by atoms with Gasteiger partial charge in [0.15, 0.2) is 0 Å². The first kappa shape index (κ1) is 11.8. The Hall–Kier alpha value is -2.28. The molecule has 0 spiro atoms. The summed E-state index contributed by atoms with van der Waals surface area (Å²) in [6, 6.07) is 8.65. The Morgan fingerprint density at radius 2 is 2.06 bits per heavy atom. The Bertz CT molecular complexity index is 483. The van der Waals surface area contributed by atoms with Crippen LogP contribution >= 0.6 is 0 Å². The summed E-state index contributed by atoms with van der Waals surface area (Å²) < 4.78 is 5.10. The van der Waals surface area contributed by atoms with Crippen LogP contribution in [0.25, 0.3) is 5.57 Å². The number of methoxy groups -OCH3 is 1.